The van der Waals surface area contributed by atoms with Crippen molar-refractivity contribution < 1.29 is 32.3 Å². The van der Waals surface area contributed by atoms with Gasteiger partial charge in [-0.15, -0.1) is 0 Å². The van der Waals surface area contributed by atoms with Gasteiger partial charge in [-0.05, 0) is 24.3 Å². The number of aliphatic hydroxyl groups is 1. The van der Waals surface area contributed by atoms with Gasteiger partial charge in [0.05, 0.1) is 11.4 Å². The van der Waals surface area contributed by atoms with Crippen LogP contribution in [0.25, 0.3) is 0 Å². The normalized spacial score (nSPS) is 13.0. The monoisotopic (exact) mass is 473 g/mol. The zero-order valence-electron chi connectivity index (χ0n) is 18.1. The fraction of sp³-hybridized carbons (Fsp3) is 0.474. The smallest absolute Gasteiger partial charge is 0.367 e. The molecule has 0 aromatic carbocycles. The Hall–Kier alpha value is -1.48. The van der Waals surface area contributed by atoms with Crippen molar-refractivity contribution in [2.24, 2.45) is 0 Å². The van der Waals surface area contributed by atoms with Crippen molar-refractivity contribution in [2.75, 3.05) is 35.0 Å². The third kappa shape index (κ3) is 5.86. The lowest BCUT2D eigenvalue weighted by Crippen LogP contribution is -2.36. The summed E-state index contributed by atoms with van der Waals surface area (Å²) in [4.78, 5) is 10.6. The molecule has 10 nitrogen and oxygen atoms in total. The van der Waals surface area contributed by atoms with E-state index >= 15 is 0 Å². The second kappa shape index (κ2) is 11.4. The summed E-state index contributed by atoms with van der Waals surface area (Å²) in [7, 11) is -4.18. The van der Waals surface area contributed by atoms with E-state index in [0.717, 1.165) is 39.8 Å². The molecule has 0 bridgehead atoms. The van der Waals surface area contributed by atoms with E-state index in [9.17, 15) is 14.2 Å². The Balaban J connectivity index is 2.35. The summed E-state index contributed by atoms with van der Waals surface area (Å²) in [6.07, 6.45) is 3.07. The molecule has 0 fully saturated rings. The third-order valence-corrected chi connectivity index (χ3v) is 10.4. The van der Waals surface area contributed by atoms with Crippen molar-refractivity contribution in [3.8, 4) is 0 Å². The number of aromatic nitrogens is 2. The highest BCUT2D eigenvalue weighted by atomic mass is 31.2. The van der Waals surface area contributed by atoms with Crippen LogP contribution in [0.2, 0.25) is 0 Å². The Morgan fingerprint density at radius 3 is 1.58 bits per heavy atom. The Morgan fingerprint density at radius 2 is 1.26 bits per heavy atom. The molecule has 0 aliphatic heterocycles. The first kappa shape index (κ1) is 25.8. The summed E-state index contributed by atoms with van der Waals surface area (Å²) in [5.41, 5.74) is 1.57. The van der Waals surface area contributed by atoms with Crippen molar-refractivity contribution in [3.05, 3.63) is 60.2 Å². The highest BCUT2D eigenvalue weighted by Gasteiger charge is 2.63. The van der Waals surface area contributed by atoms with Crippen molar-refractivity contribution >= 4 is 15.2 Å². The van der Waals surface area contributed by atoms with Crippen LogP contribution in [0.5, 0.6) is 0 Å². The maximum Gasteiger partial charge on any atom is 0.374 e. The first-order valence-electron chi connectivity index (χ1n) is 9.45. The maximum absolute atomic E-state index is 13.2. The molecule has 0 aliphatic carbocycles. The fourth-order valence-corrected chi connectivity index (χ4v) is 7.52. The van der Waals surface area contributed by atoms with Gasteiger partial charge in [-0.3, -0.25) is 24.0 Å². The second-order valence-corrected chi connectivity index (χ2v) is 11.9. The molecule has 12 heteroatoms. The molecule has 0 amide bonds. The Bertz CT molecular complexity index is 818. The van der Waals surface area contributed by atoms with Crippen LogP contribution in [0.3, 0.4) is 0 Å². The van der Waals surface area contributed by atoms with Gasteiger partial charge in [-0.1, -0.05) is 12.1 Å². The molecule has 2 heterocycles. The van der Waals surface area contributed by atoms with E-state index in [1.54, 1.807) is 12.4 Å². The molecule has 0 atom stereocenters. The predicted octanol–water partition coefficient (Wildman–Crippen LogP) is 3.49. The van der Waals surface area contributed by atoms with Crippen LogP contribution >= 0.6 is 15.2 Å². The number of pyridine rings is 2. The summed E-state index contributed by atoms with van der Waals surface area (Å²) in [5, 5.41) is 8.82. The maximum atomic E-state index is 13.2. The standard InChI is InChI=1S/C19H29N3O7P2/c1-26-30(24,27-2)19(23,31(25,28-3)29-4)11-14-22(15-17-9-5-7-12-20-17)16-18-10-6-8-13-21-18/h5-10,12-13,23H,11,14-16H2,1-4H3. The summed E-state index contributed by atoms with van der Waals surface area (Å²) < 4.78 is 46.3. The van der Waals surface area contributed by atoms with Crippen LogP contribution in [0.15, 0.2) is 48.8 Å². The van der Waals surface area contributed by atoms with E-state index in [1.807, 2.05) is 41.3 Å². The molecule has 172 valence electrons. The Morgan fingerprint density at radius 1 is 0.839 bits per heavy atom. The number of hydrogen-bond acceptors (Lipinski definition) is 10. The lowest BCUT2D eigenvalue weighted by molar-refractivity contribution is 0.0841. The Kier molecular flexibility index (Phi) is 9.48. The minimum absolute atomic E-state index is 0.136. The molecular weight excluding hydrogens is 444 g/mol. The van der Waals surface area contributed by atoms with E-state index in [1.165, 1.54) is 0 Å². The average Bonchev–Trinajstić information content (AvgIpc) is 2.82. The van der Waals surface area contributed by atoms with Gasteiger partial charge >= 0.3 is 15.2 Å². The molecule has 2 aromatic rings. The molecule has 1 N–H and O–H groups in total. The first-order chi connectivity index (χ1) is 14.8. The average molecular weight is 473 g/mol. The predicted molar refractivity (Wildman–Crippen MR) is 115 cm³/mol. The van der Waals surface area contributed by atoms with Gasteiger partial charge in [-0.2, -0.15) is 0 Å². The van der Waals surface area contributed by atoms with E-state index in [0.29, 0.717) is 13.1 Å². The zero-order valence-corrected chi connectivity index (χ0v) is 19.9. The molecule has 2 rings (SSSR count). The van der Waals surface area contributed by atoms with Crippen LogP contribution in [0.1, 0.15) is 17.8 Å². The van der Waals surface area contributed by atoms with Crippen molar-refractivity contribution in [1.29, 1.82) is 0 Å². The second-order valence-electron chi connectivity index (χ2n) is 6.60. The lowest BCUT2D eigenvalue weighted by atomic mass is 10.2. The summed E-state index contributed by atoms with van der Waals surface area (Å²) in [6.45, 7) is 0.946. The fourth-order valence-electron chi connectivity index (χ4n) is 3.12. The van der Waals surface area contributed by atoms with E-state index in [-0.39, 0.29) is 13.0 Å². The van der Waals surface area contributed by atoms with Crippen LogP contribution < -0.4 is 0 Å². The van der Waals surface area contributed by atoms with Gasteiger partial charge < -0.3 is 23.2 Å². The minimum atomic E-state index is -4.29. The molecule has 31 heavy (non-hydrogen) atoms. The lowest BCUT2D eigenvalue weighted by Gasteiger charge is -2.37. The van der Waals surface area contributed by atoms with E-state index in [2.05, 4.69) is 9.97 Å². The molecule has 0 radical (unpaired) electrons. The third-order valence-electron chi connectivity index (χ3n) is 4.83. The number of hydrogen-bond donors (Lipinski definition) is 1. The van der Waals surface area contributed by atoms with E-state index < -0.39 is 20.3 Å². The van der Waals surface area contributed by atoms with Crippen LogP contribution in [0, 0.1) is 0 Å². The minimum Gasteiger partial charge on any atom is -0.367 e. The first-order valence-corrected chi connectivity index (χ1v) is 12.5. The highest BCUT2D eigenvalue weighted by molar-refractivity contribution is 7.73. The van der Waals surface area contributed by atoms with Crippen molar-refractivity contribution in [2.45, 2.75) is 24.6 Å². The van der Waals surface area contributed by atoms with Gasteiger partial charge in [-0.25, -0.2) is 0 Å². The summed E-state index contributed by atoms with van der Waals surface area (Å²) in [6, 6.07) is 11.1. The van der Waals surface area contributed by atoms with Gasteiger partial charge in [0.25, 0.3) is 5.08 Å². The van der Waals surface area contributed by atoms with Crippen LogP contribution in [-0.4, -0.2) is 60.0 Å². The molecule has 0 spiro atoms. The molecule has 0 saturated heterocycles. The molecule has 2 aromatic heterocycles. The van der Waals surface area contributed by atoms with E-state index in [4.69, 9.17) is 18.1 Å². The highest BCUT2D eigenvalue weighted by Crippen LogP contribution is 2.76. The van der Waals surface area contributed by atoms with Crippen LogP contribution in [0.4, 0.5) is 0 Å². The molecular formula is C19H29N3O7P2. The van der Waals surface area contributed by atoms with Gasteiger partial charge in [0, 0.05) is 66.9 Å². The molecule has 0 aliphatic rings. The molecule has 0 saturated carbocycles. The van der Waals surface area contributed by atoms with Crippen molar-refractivity contribution in [1.82, 2.24) is 14.9 Å². The molecule has 0 unspecified atom stereocenters. The zero-order chi connectivity index (χ0) is 23.0. The van der Waals surface area contributed by atoms with Gasteiger partial charge in [0.15, 0.2) is 0 Å². The topological polar surface area (TPSA) is 120 Å². The Labute approximate surface area is 182 Å². The number of nitrogens with zero attached hydrogens (tertiary/aromatic N) is 3. The number of rotatable bonds is 13. The van der Waals surface area contributed by atoms with Gasteiger partial charge in [0.2, 0.25) is 0 Å². The van der Waals surface area contributed by atoms with Crippen molar-refractivity contribution in [3.63, 3.8) is 0 Å². The summed E-state index contributed by atoms with van der Waals surface area (Å²) >= 11 is 0. The quantitative estimate of drug-likeness (QED) is 0.433. The summed E-state index contributed by atoms with van der Waals surface area (Å²) in [5.74, 6) is 0. The SMILES string of the molecule is COP(=O)(OC)C(O)(CCN(Cc1ccccn1)Cc1ccccn1)P(=O)(OC)OC. The van der Waals surface area contributed by atoms with Crippen LogP contribution in [-0.2, 0) is 40.3 Å². The van der Waals surface area contributed by atoms with Gasteiger partial charge in [0.1, 0.15) is 0 Å². The largest absolute Gasteiger partial charge is 0.374 e.